The Bertz CT molecular complexity index is 477. The van der Waals surface area contributed by atoms with E-state index in [1.807, 2.05) is 13.8 Å². The minimum Gasteiger partial charge on any atom is -0.475 e. The molecule has 2 unspecified atom stereocenters. The van der Waals surface area contributed by atoms with Gasteiger partial charge in [-0.15, -0.1) is 0 Å². The molecule has 1 N–H and O–H groups in total. The van der Waals surface area contributed by atoms with Gasteiger partial charge >= 0.3 is 5.97 Å². The van der Waals surface area contributed by atoms with Crippen LogP contribution in [-0.4, -0.2) is 32.7 Å². The van der Waals surface area contributed by atoms with Crippen molar-refractivity contribution in [2.45, 2.75) is 43.5 Å². The second-order valence-corrected chi connectivity index (χ2v) is 6.40. The predicted octanol–water partition coefficient (Wildman–Crippen LogP) is 2.04. The summed E-state index contributed by atoms with van der Waals surface area (Å²) in [5.74, 6) is -1.00. The molecule has 5 nitrogen and oxygen atoms in total. The van der Waals surface area contributed by atoms with Gasteiger partial charge in [0.05, 0.1) is 28.3 Å². The van der Waals surface area contributed by atoms with Crippen molar-refractivity contribution in [3.05, 3.63) is 17.9 Å². The topological polar surface area (TPSA) is 76.7 Å². The van der Waals surface area contributed by atoms with Crippen LogP contribution in [0, 0.1) is 0 Å². The monoisotopic (exact) mass is 272 g/mol. The third-order valence-electron chi connectivity index (χ3n) is 2.91. The fraction of sp³-hybridized carbons (Fsp3) is 0.583. The average molecular weight is 272 g/mol. The maximum absolute atomic E-state index is 12.0. The summed E-state index contributed by atoms with van der Waals surface area (Å²) in [6, 6.07) is 2.76. The number of carbonyl (C=O) groups is 1. The lowest BCUT2D eigenvalue weighted by molar-refractivity contribution is -0.00505. The van der Waals surface area contributed by atoms with Crippen molar-refractivity contribution in [3.8, 4) is 0 Å². The van der Waals surface area contributed by atoms with Gasteiger partial charge < -0.3 is 14.3 Å². The molecular weight excluding hydrogens is 256 g/mol. The first-order valence-corrected chi connectivity index (χ1v) is 7.08. The van der Waals surface area contributed by atoms with Gasteiger partial charge in [0.25, 0.3) is 0 Å². The summed E-state index contributed by atoms with van der Waals surface area (Å²) < 4.78 is 22.8. The molecule has 1 saturated heterocycles. The molecule has 0 amide bonds. The summed E-state index contributed by atoms with van der Waals surface area (Å²) in [6.07, 6.45) is 1.75. The molecule has 0 aromatic carbocycles. The highest BCUT2D eigenvalue weighted by Crippen LogP contribution is 2.30. The van der Waals surface area contributed by atoms with E-state index in [4.69, 9.17) is 14.3 Å². The summed E-state index contributed by atoms with van der Waals surface area (Å²) in [4.78, 5) is 10.6. The minimum absolute atomic E-state index is 0.0563. The van der Waals surface area contributed by atoms with Crippen molar-refractivity contribution in [2.24, 2.45) is 0 Å². The Balaban J connectivity index is 1.97. The van der Waals surface area contributed by atoms with Crippen LogP contribution in [0.3, 0.4) is 0 Å². The second-order valence-electron chi connectivity index (χ2n) is 4.97. The Morgan fingerprint density at radius 3 is 2.78 bits per heavy atom. The number of aromatic carboxylic acids is 1. The molecule has 2 heterocycles. The zero-order valence-electron chi connectivity index (χ0n) is 10.3. The predicted molar refractivity (Wildman–Crippen MR) is 65.1 cm³/mol. The van der Waals surface area contributed by atoms with E-state index in [0.29, 0.717) is 5.75 Å². The summed E-state index contributed by atoms with van der Waals surface area (Å²) in [7, 11) is -1.36. The van der Waals surface area contributed by atoms with E-state index in [0.717, 1.165) is 12.8 Å². The Morgan fingerprint density at radius 2 is 2.28 bits per heavy atom. The van der Waals surface area contributed by atoms with Crippen molar-refractivity contribution in [1.29, 1.82) is 0 Å². The molecule has 0 spiro atoms. The quantitative estimate of drug-likeness (QED) is 0.907. The van der Waals surface area contributed by atoms with Crippen LogP contribution in [0.5, 0.6) is 0 Å². The van der Waals surface area contributed by atoms with Crippen LogP contribution in [0.25, 0.3) is 0 Å². The molecule has 0 bridgehead atoms. The Hall–Kier alpha value is -1.14. The van der Waals surface area contributed by atoms with Crippen molar-refractivity contribution < 1.29 is 23.3 Å². The summed E-state index contributed by atoms with van der Waals surface area (Å²) >= 11 is 0. The van der Waals surface area contributed by atoms with Crippen molar-refractivity contribution in [1.82, 2.24) is 0 Å². The van der Waals surface area contributed by atoms with Crippen molar-refractivity contribution in [2.75, 3.05) is 5.75 Å². The molecule has 0 aliphatic carbocycles. The van der Waals surface area contributed by atoms with E-state index in [9.17, 15) is 9.00 Å². The summed E-state index contributed by atoms with van der Waals surface area (Å²) in [5.41, 5.74) is -0.162. The SMILES string of the molecule is CC1(C)CCC(CS(=O)c2ccc(C(=O)O)o2)O1. The van der Waals surface area contributed by atoms with E-state index in [1.54, 1.807) is 0 Å². The highest BCUT2D eigenvalue weighted by Gasteiger charge is 2.33. The number of carboxylic acids is 1. The second kappa shape index (κ2) is 4.85. The third-order valence-corrected chi connectivity index (χ3v) is 4.25. The van der Waals surface area contributed by atoms with Crippen molar-refractivity contribution >= 4 is 16.8 Å². The molecule has 18 heavy (non-hydrogen) atoms. The molecule has 6 heteroatoms. The van der Waals surface area contributed by atoms with E-state index >= 15 is 0 Å². The van der Waals surface area contributed by atoms with Gasteiger partial charge in [-0.25, -0.2) is 4.79 Å². The van der Waals surface area contributed by atoms with Crippen LogP contribution >= 0.6 is 0 Å². The van der Waals surface area contributed by atoms with Crippen LogP contribution in [0.4, 0.5) is 0 Å². The molecule has 0 saturated carbocycles. The van der Waals surface area contributed by atoms with Gasteiger partial charge in [-0.05, 0) is 38.8 Å². The zero-order valence-corrected chi connectivity index (χ0v) is 11.2. The molecule has 1 aliphatic rings. The smallest absolute Gasteiger partial charge is 0.371 e. The van der Waals surface area contributed by atoms with Crippen LogP contribution in [-0.2, 0) is 15.5 Å². The average Bonchev–Trinajstić information content (AvgIpc) is 2.85. The lowest BCUT2D eigenvalue weighted by atomic mass is 10.1. The zero-order chi connectivity index (χ0) is 13.3. The number of furan rings is 1. The van der Waals surface area contributed by atoms with E-state index in [1.165, 1.54) is 12.1 Å². The van der Waals surface area contributed by atoms with E-state index in [-0.39, 0.29) is 22.6 Å². The fourth-order valence-corrected chi connectivity index (χ4v) is 3.14. The van der Waals surface area contributed by atoms with Gasteiger partial charge in [-0.1, -0.05) is 0 Å². The largest absolute Gasteiger partial charge is 0.475 e. The number of hydrogen-bond acceptors (Lipinski definition) is 4. The van der Waals surface area contributed by atoms with Gasteiger partial charge in [0.2, 0.25) is 5.76 Å². The third kappa shape index (κ3) is 3.00. The molecule has 1 aromatic rings. The van der Waals surface area contributed by atoms with Gasteiger partial charge in [0.1, 0.15) is 0 Å². The Kier molecular flexibility index (Phi) is 3.59. The van der Waals surface area contributed by atoms with Crippen molar-refractivity contribution in [3.63, 3.8) is 0 Å². The first-order chi connectivity index (χ1) is 8.37. The number of ether oxygens (including phenoxy) is 1. The molecule has 100 valence electrons. The maximum atomic E-state index is 12.0. The normalized spacial score (nSPS) is 24.0. The Labute approximate surface area is 108 Å². The molecule has 2 atom stereocenters. The maximum Gasteiger partial charge on any atom is 0.371 e. The van der Waals surface area contributed by atoms with Crippen LogP contribution in [0.15, 0.2) is 21.6 Å². The molecule has 1 fully saturated rings. The van der Waals surface area contributed by atoms with Crippen LogP contribution in [0.1, 0.15) is 37.2 Å². The highest BCUT2D eigenvalue weighted by molar-refractivity contribution is 7.84. The number of carboxylic acid groups (broad SMARTS) is 1. The van der Waals surface area contributed by atoms with Crippen LogP contribution < -0.4 is 0 Å². The van der Waals surface area contributed by atoms with Gasteiger partial charge in [-0.2, -0.15) is 0 Å². The first-order valence-electron chi connectivity index (χ1n) is 5.77. The number of hydrogen-bond donors (Lipinski definition) is 1. The first kappa shape index (κ1) is 13.3. The van der Waals surface area contributed by atoms with E-state index in [2.05, 4.69) is 0 Å². The highest BCUT2D eigenvalue weighted by atomic mass is 32.2. The molecule has 0 radical (unpaired) electrons. The van der Waals surface area contributed by atoms with Crippen LogP contribution in [0.2, 0.25) is 0 Å². The lowest BCUT2D eigenvalue weighted by Crippen LogP contribution is -2.23. The molecule has 1 aromatic heterocycles. The lowest BCUT2D eigenvalue weighted by Gasteiger charge is -2.18. The van der Waals surface area contributed by atoms with Gasteiger partial charge in [-0.3, -0.25) is 4.21 Å². The van der Waals surface area contributed by atoms with Gasteiger partial charge in [0, 0.05) is 0 Å². The fourth-order valence-electron chi connectivity index (χ4n) is 2.00. The summed E-state index contributed by atoms with van der Waals surface area (Å²) in [5, 5.41) is 8.91. The number of rotatable bonds is 4. The molecule has 2 rings (SSSR count). The standard InChI is InChI=1S/C12H16O5S/c1-12(2)6-5-8(17-12)7-18(15)10-4-3-9(16-10)11(13)14/h3-4,8H,5-7H2,1-2H3,(H,13,14). The van der Waals surface area contributed by atoms with E-state index < -0.39 is 16.8 Å². The molecule has 1 aliphatic heterocycles. The molecular formula is C12H16O5S. The minimum atomic E-state index is -1.36. The van der Waals surface area contributed by atoms with Gasteiger partial charge in [0.15, 0.2) is 5.09 Å². The summed E-state index contributed by atoms with van der Waals surface area (Å²) in [6.45, 7) is 4.01. The Morgan fingerprint density at radius 1 is 1.56 bits per heavy atom.